The van der Waals surface area contributed by atoms with Crippen LogP contribution in [0.2, 0.25) is 0 Å². The largest absolute Gasteiger partial charge is 0.493 e. The highest BCUT2D eigenvalue weighted by Crippen LogP contribution is 2.31. The smallest absolute Gasteiger partial charge is 0.412 e. The van der Waals surface area contributed by atoms with E-state index in [1.54, 1.807) is 25.3 Å². The van der Waals surface area contributed by atoms with Gasteiger partial charge in [0.25, 0.3) is 0 Å². The number of amides is 1. The Morgan fingerprint density at radius 3 is 2.71 bits per heavy atom. The van der Waals surface area contributed by atoms with Gasteiger partial charge in [0.2, 0.25) is 0 Å². The van der Waals surface area contributed by atoms with Gasteiger partial charge < -0.3 is 18.9 Å². The monoisotopic (exact) mass is 297 g/mol. The summed E-state index contributed by atoms with van der Waals surface area (Å²) in [5.74, 6) is 1.16. The Morgan fingerprint density at radius 2 is 2.14 bits per heavy atom. The lowest BCUT2D eigenvalue weighted by Crippen LogP contribution is -2.27. The quantitative estimate of drug-likeness (QED) is 0.846. The zero-order chi connectivity index (χ0) is 15.5. The van der Waals surface area contributed by atoms with E-state index in [1.165, 1.54) is 0 Å². The molecular formula is C15H23NO5. The number of carbonyl (C=O) groups is 1. The number of anilines is 1. The van der Waals surface area contributed by atoms with E-state index in [1.807, 2.05) is 20.8 Å². The summed E-state index contributed by atoms with van der Waals surface area (Å²) >= 11 is 0. The normalized spacial score (nSPS) is 17.0. The molecule has 0 spiro atoms. The molecule has 118 valence electrons. The summed E-state index contributed by atoms with van der Waals surface area (Å²) in [5.41, 5.74) is 0.0379. The zero-order valence-corrected chi connectivity index (χ0v) is 12.8. The molecule has 1 unspecified atom stereocenters. The van der Waals surface area contributed by atoms with Crippen LogP contribution in [0, 0.1) is 0 Å². The van der Waals surface area contributed by atoms with Gasteiger partial charge in [0.1, 0.15) is 18.3 Å². The number of benzene rings is 1. The van der Waals surface area contributed by atoms with Crippen molar-refractivity contribution in [2.24, 2.45) is 0 Å². The molecule has 1 aliphatic heterocycles. The molecule has 1 heterocycles. The van der Waals surface area contributed by atoms with Crippen molar-refractivity contribution in [1.29, 1.82) is 0 Å². The van der Waals surface area contributed by atoms with E-state index in [0.29, 0.717) is 23.8 Å². The van der Waals surface area contributed by atoms with Crippen LogP contribution >= 0.6 is 0 Å². The summed E-state index contributed by atoms with van der Waals surface area (Å²) in [4.78, 5) is 11.7. The standard InChI is InChI=1S/C15H21NO5.H2/c1-15(2,3)21-14(17)16-10-5-6-12(18-4)13(7-10)20-9-11-8-19-11;/h5-7,11H,8-9H2,1-4H3,(H,16,17);1H. The maximum Gasteiger partial charge on any atom is 0.412 e. The van der Waals surface area contributed by atoms with Gasteiger partial charge in [-0.3, -0.25) is 5.32 Å². The minimum absolute atomic E-state index is 0. The maximum atomic E-state index is 11.7. The van der Waals surface area contributed by atoms with Crippen LogP contribution in [-0.2, 0) is 9.47 Å². The molecule has 1 atom stereocenters. The van der Waals surface area contributed by atoms with E-state index in [9.17, 15) is 4.79 Å². The van der Waals surface area contributed by atoms with Crippen molar-refractivity contribution in [3.05, 3.63) is 18.2 Å². The summed E-state index contributed by atoms with van der Waals surface area (Å²) in [6, 6.07) is 5.16. The summed E-state index contributed by atoms with van der Waals surface area (Å²) in [6.07, 6.45) is -0.360. The van der Waals surface area contributed by atoms with Crippen molar-refractivity contribution in [3.63, 3.8) is 0 Å². The molecule has 0 bridgehead atoms. The van der Waals surface area contributed by atoms with Crippen molar-refractivity contribution >= 4 is 11.8 Å². The zero-order valence-electron chi connectivity index (χ0n) is 12.8. The molecule has 0 radical (unpaired) electrons. The van der Waals surface area contributed by atoms with Crippen molar-refractivity contribution in [1.82, 2.24) is 0 Å². The number of hydrogen-bond donors (Lipinski definition) is 1. The molecule has 1 saturated heterocycles. The van der Waals surface area contributed by atoms with Crippen LogP contribution in [0.15, 0.2) is 18.2 Å². The van der Waals surface area contributed by atoms with E-state index >= 15 is 0 Å². The van der Waals surface area contributed by atoms with Crippen LogP contribution in [0.5, 0.6) is 11.5 Å². The second-order valence-electron chi connectivity index (χ2n) is 5.76. The van der Waals surface area contributed by atoms with Gasteiger partial charge in [-0.05, 0) is 32.9 Å². The topological polar surface area (TPSA) is 69.3 Å². The first-order valence-corrected chi connectivity index (χ1v) is 6.80. The highest BCUT2D eigenvalue weighted by Gasteiger charge is 2.24. The summed E-state index contributed by atoms with van der Waals surface area (Å²) in [7, 11) is 1.57. The number of epoxide rings is 1. The fourth-order valence-electron chi connectivity index (χ4n) is 1.64. The SMILES string of the molecule is COc1ccc(NC(=O)OC(C)(C)C)cc1OCC1CO1.[HH]. The lowest BCUT2D eigenvalue weighted by molar-refractivity contribution is 0.0636. The molecule has 0 aliphatic carbocycles. The van der Waals surface area contributed by atoms with Crippen molar-refractivity contribution in [2.75, 3.05) is 25.6 Å². The van der Waals surface area contributed by atoms with Gasteiger partial charge in [-0.15, -0.1) is 0 Å². The number of rotatable bonds is 5. The van der Waals surface area contributed by atoms with E-state index in [4.69, 9.17) is 18.9 Å². The summed E-state index contributed by atoms with van der Waals surface area (Å²) in [5, 5.41) is 2.67. The van der Waals surface area contributed by atoms with Gasteiger partial charge >= 0.3 is 6.09 Å². The molecule has 6 heteroatoms. The molecule has 1 aromatic carbocycles. The van der Waals surface area contributed by atoms with Crippen molar-refractivity contribution < 1.29 is 25.2 Å². The first kappa shape index (κ1) is 15.4. The van der Waals surface area contributed by atoms with Crippen molar-refractivity contribution in [3.8, 4) is 11.5 Å². The lowest BCUT2D eigenvalue weighted by atomic mass is 10.2. The van der Waals surface area contributed by atoms with Crippen LogP contribution in [-0.4, -0.2) is 38.1 Å². The molecule has 6 nitrogen and oxygen atoms in total. The van der Waals surface area contributed by atoms with E-state index in [0.717, 1.165) is 6.61 Å². The molecule has 21 heavy (non-hydrogen) atoms. The fraction of sp³-hybridized carbons (Fsp3) is 0.533. The number of hydrogen-bond acceptors (Lipinski definition) is 5. The minimum Gasteiger partial charge on any atom is -0.493 e. The predicted octanol–water partition coefficient (Wildman–Crippen LogP) is 3.07. The summed E-state index contributed by atoms with van der Waals surface area (Å²) in [6.45, 7) is 6.62. The third-order valence-corrected chi connectivity index (χ3v) is 2.64. The van der Waals surface area contributed by atoms with Crippen LogP contribution in [0.4, 0.5) is 10.5 Å². The Kier molecular flexibility index (Phi) is 4.57. The lowest BCUT2D eigenvalue weighted by Gasteiger charge is -2.20. The Morgan fingerprint density at radius 1 is 1.43 bits per heavy atom. The van der Waals surface area contributed by atoms with Crippen LogP contribution < -0.4 is 14.8 Å². The molecule has 2 rings (SSSR count). The van der Waals surface area contributed by atoms with Crippen LogP contribution in [0.25, 0.3) is 0 Å². The second kappa shape index (κ2) is 6.22. The Bertz CT molecular complexity index is 511. The number of nitrogens with one attached hydrogen (secondary N) is 1. The molecule has 1 aliphatic rings. The van der Waals surface area contributed by atoms with Crippen LogP contribution in [0.1, 0.15) is 22.2 Å². The number of carbonyl (C=O) groups excluding carboxylic acids is 1. The third-order valence-electron chi connectivity index (χ3n) is 2.64. The van der Waals surface area contributed by atoms with Gasteiger partial charge in [-0.2, -0.15) is 0 Å². The van der Waals surface area contributed by atoms with E-state index < -0.39 is 11.7 Å². The second-order valence-corrected chi connectivity index (χ2v) is 5.76. The Labute approximate surface area is 125 Å². The van der Waals surface area contributed by atoms with Gasteiger partial charge in [0, 0.05) is 13.2 Å². The first-order valence-electron chi connectivity index (χ1n) is 6.80. The number of ether oxygens (including phenoxy) is 4. The average molecular weight is 297 g/mol. The maximum absolute atomic E-state index is 11.7. The Hall–Kier alpha value is -1.95. The van der Waals surface area contributed by atoms with Crippen LogP contribution in [0.3, 0.4) is 0 Å². The first-order chi connectivity index (χ1) is 9.87. The molecule has 1 aromatic rings. The van der Waals surface area contributed by atoms with Gasteiger partial charge in [0.05, 0.1) is 13.7 Å². The van der Waals surface area contributed by atoms with E-state index in [-0.39, 0.29) is 7.53 Å². The average Bonchev–Trinajstić information content (AvgIpc) is 3.18. The minimum atomic E-state index is -0.542. The van der Waals surface area contributed by atoms with Gasteiger partial charge in [-0.25, -0.2) is 4.79 Å². The highest BCUT2D eigenvalue weighted by molar-refractivity contribution is 5.85. The predicted molar refractivity (Wildman–Crippen MR) is 80.2 cm³/mol. The Balaban J connectivity index is 0.00000242. The summed E-state index contributed by atoms with van der Waals surface area (Å²) < 4.78 is 21.2. The fourth-order valence-corrected chi connectivity index (χ4v) is 1.64. The molecule has 0 saturated carbocycles. The highest BCUT2D eigenvalue weighted by atomic mass is 16.6. The molecule has 0 aromatic heterocycles. The third kappa shape index (κ3) is 5.15. The van der Waals surface area contributed by atoms with Gasteiger partial charge in [0.15, 0.2) is 11.5 Å². The molecule has 1 N–H and O–H groups in total. The van der Waals surface area contributed by atoms with E-state index in [2.05, 4.69) is 5.32 Å². The molecular weight excluding hydrogens is 274 g/mol. The number of methoxy groups -OCH3 is 1. The molecule has 1 fully saturated rings. The van der Waals surface area contributed by atoms with Crippen molar-refractivity contribution in [2.45, 2.75) is 32.5 Å². The molecule has 1 amide bonds. The van der Waals surface area contributed by atoms with Gasteiger partial charge in [-0.1, -0.05) is 0 Å².